The fraction of sp³-hybridized carbons (Fsp3) is 0.333. The van der Waals surface area contributed by atoms with Crippen molar-refractivity contribution in [2.24, 2.45) is 0 Å². The maximum absolute atomic E-state index is 12.5. The Balaban J connectivity index is 1.63. The summed E-state index contributed by atoms with van der Waals surface area (Å²) in [6.07, 6.45) is 3.01. The second kappa shape index (κ2) is 9.29. The summed E-state index contributed by atoms with van der Waals surface area (Å²) < 4.78 is 26.5. The number of nitro groups is 1. The average Bonchev–Trinajstić information content (AvgIpc) is 3.25. The summed E-state index contributed by atoms with van der Waals surface area (Å²) in [7, 11) is -3.54. The van der Waals surface area contributed by atoms with Gasteiger partial charge in [0.15, 0.2) is 0 Å². The molecule has 30 heavy (non-hydrogen) atoms. The molecule has 0 aliphatic carbocycles. The summed E-state index contributed by atoms with van der Waals surface area (Å²) in [5.41, 5.74) is 0.0910. The van der Waals surface area contributed by atoms with E-state index >= 15 is 0 Å². The highest BCUT2D eigenvalue weighted by atomic mass is 35.5. The summed E-state index contributed by atoms with van der Waals surface area (Å²) in [5.74, 6) is -0.369. The van der Waals surface area contributed by atoms with Crippen molar-refractivity contribution in [3.63, 3.8) is 0 Å². The van der Waals surface area contributed by atoms with Gasteiger partial charge < -0.3 is 5.32 Å². The second-order valence-corrected chi connectivity index (χ2v) is 10.3. The van der Waals surface area contributed by atoms with Crippen LogP contribution >= 0.6 is 23.4 Å². The largest absolute Gasteiger partial charge is 0.324 e. The van der Waals surface area contributed by atoms with Gasteiger partial charge in [-0.3, -0.25) is 14.9 Å². The Morgan fingerprint density at radius 1 is 1.30 bits per heavy atom. The Morgan fingerprint density at radius 2 is 2.00 bits per heavy atom. The fourth-order valence-electron chi connectivity index (χ4n) is 2.85. The van der Waals surface area contributed by atoms with Crippen LogP contribution in [0.4, 0.5) is 11.4 Å². The average molecular weight is 471 g/mol. The van der Waals surface area contributed by atoms with Gasteiger partial charge >= 0.3 is 0 Å². The smallest absolute Gasteiger partial charge is 0.271 e. The van der Waals surface area contributed by atoms with E-state index < -0.39 is 20.2 Å². The van der Waals surface area contributed by atoms with Gasteiger partial charge in [0.1, 0.15) is 4.90 Å². The number of carbonyl (C=O) groups is 1. The first-order valence-corrected chi connectivity index (χ1v) is 11.8. The SMILES string of the molecule is C[C@H](Sc1ccc(S(=O)(=O)N2CCCC2)cn1)C(=O)Nc1ccc([N+](=O)[O-])cc1Cl. The molecule has 12 heteroatoms. The number of nitrogens with zero attached hydrogens (tertiary/aromatic N) is 3. The number of aromatic nitrogens is 1. The van der Waals surface area contributed by atoms with Crippen LogP contribution in [0.25, 0.3) is 0 Å². The number of rotatable bonds is 7. The molecule has 1 saturated heterocycles. The molecule has 9 nitrogen and oxygen atoms in total. The normalized spacial score (nSPS) is 15.7. The van der Waals surface area contributed by atoms with E-state index in [9.17, 15) is 23.3 Å². The lowest BCUT2D eigenvalue weighted by Crippen LogP contribution is -2.28. The summed E-state index contributed by atoms with van der Waals surface area (Å²) in [5, 5.41) is 13.4. The Morgan fingerprint density at radius 3 is 2.57 bits per heavy atom. The third-order valence-electron chi connectivity index (χ3n) is 4.50. The minimum absolute atomic E-state index is 0.0596. The van der Waals surface area contributed by atoms with Crippen molar-refractivity contribution in [2.75, 3.05) is 18.4 Å². The molecule has 1 atom stereocenters. The highest BCUT2D eigenvalue weighted by molar-refractivity contribution is 8.00. The molecule has 2 heterocycles. The van der Waals surface area contributed by atoms with Gasteiger partial charge in [-0.2, -0.15) is 4.31 Å². The van der Waals surface area contributed by atoms with Crippen molar-refractivity contribution in [1.82, 2.24) is 9.29 Å². The van der Waals surface area contributed by atoms with Gasteiger partial charge in [0.25, 0.3) is 5.69 Å². The number of sulfonamides is 1. The van der Waals surface area contributed by atoms with Gasteiger partial charge in [0.05, 0.1) is 25.9 Å². The highest BCUT2D eigenvalue weighted by Gasteiger charge is 2.27. The van der Waals surface area contributed by atoms with E-state index in [1.54, 1.807) is 13.0 Å². The van der Waals surface area contributed by atoms with E-state index in [4.69, 9.17) is 11.6 Å². The van der Waals surface area contributed by atoms with Gasteiger partial charge in [0, 0.05) is 31.4 Å². The minimum atomic E-state index is -3.54. The zero-order valence-corrected chi connectivity index (χ0v) is 18.3. The van der Waals surface area contributed by atoms with Gasteiger partial charge in [-0.25, -0.2) is 13.4 Å². The van der Waals surface area contributed by atoms with Crippen LogP contribution in [0.3, 0.4) is 0 Å². The Hall–Kier alpha value is -2.21. The summed E-state index contributed by atoms with van der Waals surface area (Å²) in [6, 6.07) is 6.83. The number of nitrogens with one attached hydrogen (secondary N) is 1. The summed E-state index contributed by atoms with van der Waals surface area (Å²) >= 11 is 7.15. The molecular weight excluding hydrogens is 452 g/mol. The lowest BCUT2D eigenvalue weighted by Gasteiger charge is -2.16. The predicted octanol–water partition coefficient (Wildman–Crippen LogP) is 3.55. The number of nitro benzene ring substituents is 1. The van der Waals surface area contributed by atoms with E-state index in [1.807, 2.05) is 0 Å². The number of thioether (sulfide) groups is 1. The molecule has 1 aromatic heterocycles. The van der Waals surface area contributed by atoms with Crippen LogP contribution in [-0.4, -0.2) is 46.9 Å². The van der Waals surface area contributed by atoms with E-state index in [1.165, 1.54) is 28.7 Å². The molecule has 0 radical (unpaired) electrons. The maximum Gasteiger partial charge on any atom is 0.271 e. The minimum Gasteiger partial charge on any atom is -0.324 e. The van der Waals surface area contributed by atoms with Gasteiger partial charge in [-0.15, -0.1) is 0 Å². The van der Waals surface area contributed by atoms with Crippen LogP contribution in [0, 0.1) is 10.1 Å². The van der Waals surface area contributed by atoms with Crippen molar-refractivity contribution < 1.29 is 18.1 Å². The molecule has 0 spiro atoms. The number of hydrogen-bond acceptors (Lipinski definition) is 7. The molecule has 1 fully saturated rings. The molecule has 0 bridgehead atoms. The maximum atomic E-state index is 12.5. The van der Waals surface area contributed by atoms with Crippen LogP contribution in [0.5, 0.6) is 0 Å². The van der Waals surface area contributed by atoms with Crippen LogP contribution in [0.15, 0.2) is 46.5 Å². The molecule has 0 unspecified atom stereocenters. The quantitative estimate of drug-likeness (QED) is 0.373. The van der Waals surface area contributed by atoms with Crippen LogP contribution in [0.1, 0.15) is 19.8 Å². The molecule has 2 aromatic rings. The number of halogens is 1. The zero-order chi connectivity index (χ0) is 21.9. The third kappa shape index (κ3) is 5.09. The number of non-ortho nitro benzene ring substituents is 1. The van der Waals surface area contributed by atoms with Gasteiger partial charge in [0.2, 0.25) is 15.9 Å². The van der Waals surface area contributed by atoms with Crippen molar-refractivity contribution >= 4 is 50.7 Å². The molecule has 1 aliphatic heterocycles. The third-order valence-corrected chi connectivity index (χ3v) is 7.75. The Kier molecular flexibility index (Phi) is 6.96. The van der Waals surface area contributed by atoms with Crippen molar-refractivity contribution in [3.05, 3.63) is 51.7 Å². The molecule has 160 valence electrons. The number of hydrogen-bond donors (Lipinski definition) is 1. The fourth-order valence-corrected chi connectivity index (χ4v) is 5.33. The predicted molar refractivity (Wildman–Crippen MR) is 114 cm³/mol. The Labute approximate surface area is 183 Å². The Bertz CT molecular complexity index is 1060. The standard InChI is InChI=1S/C18H19ClN4O5S2/c1-12(18(24)21-16-6-4-13(23(25)26)10-15(16)19)29-17-7-5-14(11-20-17)30(27,28)22-8-2-3-9-22/h4-7,10-12H,2-3,8-9H2,1H3,(H,21,24)/t12-/m0/s1. The number of pyridine rings is 1. The highest BCUT2D eigenvalue weighted by Crippen LogP contribution is 2.29. The van der Waals surface area contributed by atoms with E-state index in [0.29, 0.717) is 18.1 Å². The first kappa shape index (κ1) is 22.5. The first-order valence-electron chi connectivity index (χ1n) is 9.06. The van der Waals surface area contributed by atoms with Crippen molar-refractivity contribution in [2.45, 2.75) is 34.9 Å². The van der Waals surface area contributed by atoms with Crippen molar-refractivity contribution in [1.29, 1.82) is 0 Å². The molecule has 1 aromatic carbocycles. The molecular formula is C18H19ClN4O5S2. The monoisotopic (exact) mass is 470 g/mol. The summed E-state index contributed by atoms with van der Waals surface area (Å²) in [6.45, 7) is 2.69. The van der Waals surface area contributed by atoms with E-state index in [2.05, 4.69) is 10.3 Å². The molecule has 1 amide bonds. The number of benzene rings is 1. The molecule has 0 saturated carbocycles. The zero-order valence-electron chi connectivity index (χ0n) is 15.9. The van der Waals surface area contributed by atoms with Gasteiger partial charge in [-0.05, 0) is 38.0 Å². The molecule has 1 N–H and O–H groups in total. The summed E-state index contributed by atoms with van der Waals surface area (Å²) in [4.78, 5) is 26.9. The second-order valence-electron chi connectivity index (χ2n) is 6.61. The van der Waals surface area contributed by atoms with Crippen LogP contribution in [-0.2, 0) is 14.8 Å². The van der Waals surface area contributed by atoms with Crippen LogP contribution < -0.4 is 5.32 Å². The lowest BCUT2D eigenvalue weighted by atomic mass is 10.2. The molecule has 3 rings (SSSR count). The number of amides is 1. The van der Waals surface area contributed by atoms with E-state index in [-0.39, 0.29) is 27.2 Å². The lowest BCUT2D eigenvalue weighted by molar-refractivity contribution is -0.384. The van der Waals surface area contributed by atoms with Crippen molar-refractivity contribution in [3.8, 4) is 0 Å². The van der Waals surface area contributed by atoms with Gasteiger partial charge in [-0.1, -0.05) is 23.4 Å². The first-order chi connectivity index (χ1) is 14.2. The number of carbonyl (C=O) groups excluding carboxylic acids is 1. The number of anilines is 1. The van der Waals surface area contributed by atoms with E-state index in [0.717, 1.165) is 30.7 Å². The molecule has 1 aliphatic rings. The topological polar surface area (TPSA) is 123 Å². The van der Waals surface area contributed by atoms with Crippen LogP contribution in [0.2, 0.25) is 5.02 Å².